The van der Waals surface area contributed by atoms with Crippen LogP contribution in [0.5, 0.6) is 0 Å². The van der Waals surface area contributed by atoms with E-state index < -0.39 is 27.8 Å². The smallest absolute Gasteiger partial charge is 0.411 e. The number of ether oxygens (including phenoxy) is 2. The summed E-state index contributed by atoms with van der Waals surface area (Å²) in [6.45, 7) is 5.79. The molecule has 0 aliphatic carbocycles. The highest BCUT2D eigenvalue weighted by Gasteiger charge is 2.39. The van der Waals surface area contributed by atoms with Crippen molar-refractivity contribution in [3.8, 4) is 0 Å². The third-order valence-corrected chi connectivity index (χ3v) is 4.02. The van der Waals surface area contributed by atoms with Gasteiger partial charge in [0.2, 0.25) is 0 Å². The molecule has 1 aromatic heterocycles. The lowest BCUT2D eigenvalue weighted by atomic mass is 10.2. The Morgan fingerprint density at radius 2 is 2.09 bits per heavy atom. The van der Waals surface area contributed by atoms with Crippen LogP contribution in [0.25, 0.3) is 0 Å². The molecular formula is C13H21N3O5S. The van der Waals surface area contributed by atoms with E-state index in [-0.39, 0.29) is 13.2 Å². The van der Waals surface area contributed by atoms with Crippen molar-refractivity contribution in [3.05, 3.63) is 17.5 Å². The van der Waals surface area contributed by atoms with Crippen LogP contribution in [0.15, 0.2) is 6.20 Å². The Morgan fingerprint density at radius 1 is 1.45 bits per heavy atom. The van der Waals surface area contributed by atoms with Gasteiger partial charge in [-0.2, -0.15) is 9.19 Å². The molecule has 0 radical (unpaired) electrons. The van der Waals surface area contributed by atoms with E-state index in [1.54, 1.807) is 20.8 Å². The van der Waals surface area contributed by atoms with Crippen molar-refractivity contribution in [3.63, 3.8) is 0 Å². The average Bonchev–Trinajstić information content (AvgIpc) is 2.86. The number of hydrogen-bond donors (Lipinski definition) is 0. The van der Waals surface area contributed by atoms with E-state index in [0.29, 0.717) is 11.3 Å². The minimum absolute atomic E-state index is 0.195. The highest BCUT2D eigenvalue weighted by atomic mass is 32.2. The second kappa shape index (κ2) is 5.54. The summed E-state index contributed by atoms with van der Waals surface area (Å²) in [6, 6.07) is -0.412. The number of carbonyl (C=O) groups is 1. The van der Waals surface area contributed by atoms with E-state index in [9.17, 15) is 13.2 Å². The Bertz CT molecular complexity index is 674. The highest BCUT2D eigenvalue weighted by Crippen LogP contribution is 2.34. The van der Waals surface area contributed by atoms with E-state index in [0.717, 1.165) is 10.3 Å². The van der Waals surface area contributed by atoms with Gasteiger partial charge in [-0.15, -0.1) is 0 Å². The predicted molar refractivity (Wildman–Crippen MR) is 78.9 cm³/mol. The molecule has 0 fully saturated rings. The number of hydrogen-bond acceptors (Lipinski definition) is 6. The third-order valence-electron chi connectivity index (χ3n) is 3.15. The van der Waals surface area contributed by atoms with Crippen LogP contribution in [0.2, 0.25) is 0 Å². The average molecular weight is 331 g/mol. The zero-order chi connectivity index (χ0) is 16.7. The summed E-state index contributed by atoms with van der Waals surface area (Å²) in [4.78, 5) is 13.8. The van der Waals surface area contributed by atoms with Crippen LogP contribution >= 0.6 is 0 Å². The molecule has 8 nitrogen and oxygen atoms in total. The zero-order valence-corrected chi connectivity index (χ0v) is 14.2. The molecule has 1 aliphatic rings. The first-order chi connectivity index (χ1) is 10.0. The number of amides is 1. The van der Waals surface area contributed by atoms with Crippen LogP contribution in [0.4, 0.5) is 4.79 Å². The standard InChI is InChI=1S/C13H21N3O5S/c1-13(2,3)21-12(17)15-7-10-9(11(15)8-20-4)6-16(14-10)22(5,18)19/h6,11H,7-8H2,1-5H3/t11-/m1/s1. The summed E-state index contributed by atoms with van der Waals surface area (Å²) >= 11 is 0. The van der Waals surface area contributed by atoms with Crippen LogP contribution < -0.4 is 0 Å². The minimum Gasteiger partial charge on any atom is -0.444 e. The van der Waals surface area contributed by atoms with Crippen molar-refractivity contribution in [2.45, 2.75) is 39.0 Å². The summed E-state index contributed by atoms with van der Waals surface area (Å²) in [5.74, 6) is 0. The normalized spacial score (nSPS) is 18.4. The maximum Gasteiger partial charge on any atom is 0.411 e. The Kier molecular flexibility index (Phi) is 4.22. The molecule has 2 heterocycles. The van der Waals surface area contributed by atoms with E-state index in [1.807, 2.05) is 0 Å². The lowest BCUT2D eigenvalue weighted by Crippen LogP contribution is -2.37. The fraction of sp³-hybridized carbons (Fsp3) is 0.692. The van der Waals surface area contributed by atoms with Crippen LogP contribution in [0, 0.1) is 0 Å². The van der Waals surface area contributed by atoms with Gasteiger partial charge in [-0.25, -0.2) is 13.2 Å². The molecule has 1 amide bonds. The fourth-order valence-corrected chi connectivity index (χ4v) is 2.81. The first-order valence-electron chi connectivity index (χ1n) is 6.80. The summed E-state index contributed by atoms with van der Waals surface area (Å²) in [5, 5.41) is 4.05. The number of nitrogens with zero attached hydrogens (tertiary/aromatic N) is 3. The molecule has 0 aromatic carbocycles. The van der Waals surface area contributed by atoms with E-state index in [2.05, 4.69) is 5.10 Å². The summed E-state index contributed by atoms with van der Waals surface area (Å²) in [7, 11) is -1.94. The third kappa shape index (κ3) is 3.41. The summed E-state index contributed by atoms with van der Waals surface area (Å²) in [6.07, 6.45) is 2.03. The lowest BCUT2D eigenvalue weighted by Gasteiger charge is -2.28. The Balaban J connectivity index is 2.29. The van der Waals surface area contributed by atoms with Crippen LogP contribution in [0.3, 0.4) is 0 Å². The van der Waals surface area contributed by atoms with E-state index in [1.165, 1.54) is 18.2 Å². The monoisotopic (exact) mass is 331 g/mol. The molecule has 0 N–H and O–H groups in total. The van der Waals surface area contributed by atoms with Crippen molar-refractivity contribution >= 4 is 16.1 Å². The highest BCUT2D eigenvalue weighted by molar-refractivity contribution is 7.89. The van der Waals surface area contributed by atoms with Crippen molar-refractivity contribution in [1.82, 2.24) is 14.1 Å². The molecule has 1 atom stereocenters. The molecule has 0 spiro atoms. The first kappa shape index (κ1) is 16.8. The Hall–Kier alpha value is -1.61. The SMILES string of the molecule is COC[C@@H]1c2cn(S(C)(=O)=O)nc2CN1C(=O)OC(C)(C)C. The number of aromatic nitrogens is 2. The molecule has 1 aromatic rings. The van der Waals surface area contributed by atoms with E-state index >= 15 is 0 Å². The second-order valence-electron chi connectivity index (χ2n) is 6.25. The van der Waals surface area contributed by atoms with Crippen molar-refractivity contribution in [2.75, 3.05) is 20.0 Å². The van der Waals surface area contributed by atoms with Gasteiger partial charge in [0.05, 0.1) is 31.1 Å². The largest absolute Gasteiger partial charge is 0.444 e. The molecule has 22 heavy (non-hydrogen) atoms. The van der Waals surface area contributed by atoms with Gasteiger partial charge in [0.1, 0.15) is 5.60 Å². The van der Waals surface area contributed by atoms with Crippen LogP contribution in [-0.2, 0) is 26.0 Å². The Labute approximate surface area is 130 Å². The zero-order valence-electron chi connectivity index (χ0n) is 13.4. The van der Waals surface area contributed by atoms with Gasteiger partial charge >= 0.3 is 6.09 Å². The van der Waals surface area contributed by atoms with Crippen LogP contribution in [0.1, 0.15) is 38.1 Å². The van der Waals surface area contributed by atoms with Crippen LogP contribution in [-0.4, -0.2) is 54.2 Å². The quantitative estimate of drug-likeness (QED) is 0.824. The number of methoxy groups -OCH3 is 1. The van der Waals surface area contributed by atoms with Crippen molar-refractivity contribution in [1.29, 1.82) is 0 Å². The molecule has 0 saturated heterocycles. The van der Waals surface area contributed by atoms with Crippen molar-refractivity contribution in [2.24, 2.45) is 0 Å². The van der Waals surface area contributed by atoms with Gasteiger partial charge in [0.15, 0.2) is 0 Å². The maximum atomic E-state index is 12.3. The molecule has 2 rings (SSSR count). The van der Waals surface area contributed by atoms with Gasteiger partial charge in [0.25, 0.3) is 10.0 Å². The fourth-order valence-electron chi connectivity index (χ4n) is 2.26. The van der Waals surface area contributed by atoms with Gasteiger partial charge in [-0.3, -0.25) is 4.90 Å². The van der Waals surface area contributed by atoms with Crippen molar-refractivity contribution < 1.29 is 22.7 Å². The van der Waals surface area contributed by atoms with Gasteiger partial charge in [-0.05, 0) is 20.8 Å². The minimum atomic E-state index is -3.46. The topological polar surface area (TPSA) is 90.7 Å². The Morgan fingerprint density at radius 3 is 2.59 bits per heavy atom. The first-order valence-corrected chi connectivity index (χ1v) is 8.65. The molecule has 0 bridgehead atoms. The summed E-state index contributed by atoms with van der Waals surface area (Å²) in [5.41, 5.74) is 0.595. The summed E-state index contributed by atoms with van der Waals surface area (Å²) < 4.78 is 34.6. The molecule has 0 unspecified atom stereocenters. The van der Waals surface area contributed by atoms with Gasteiger partial charge < -0.3 is 9.47 Å². The molecular weight excluding hydrogens is 310 g/mol. The molecule has 9 heteroatoms. The second-order valence-corrected chi connectivity index (χ2v) is 8.09. The maximum absolute atomic E-state index is 12.3. The van der Waals surface area contributed by atoms with Gasteiger partial charge in [-0.1, -0.05) is 0 Å². The van der Waals surface area contributed by atoms with E-state index in [4.69, 9.17) is 9.47 Å². The number of rotatable bonds is 3. The number of carbonyl (C=O) groups excluding carboxylic acids is 1. The molecule has 124 valence electrons. The lowest BCUT2D eigenvalue weighted by molar-refractivity contribution is 0.00751. The molecule has 0 saturated carbocycles. The molecule has 1 aliphatic heterocycles. The number of fused-ring (bicyclic) bond motifs is 1. The predicted octanol–water partition coefficient (Wildman–Crippen LogP) is 1.13. The van der Waals surface area contributed by atoms with Gasteiger partial charge in [0, 0.05) is 18.9 Å².